The summed E-state index contributed by atoms with van der Waals surface area (Å²) in [4.78, 5) is 24.3. The molecule has 0 saturated carbocycles. The lowest BCUT2D eigenvalue weighted by Crippen LogP contribution is -2.12. The maximum Gasteiger partial charge on any atom is 0.338 e. The van der Waals surface area contributed by atoms with Gasteiger partial charge in [-0.1, -0.05) is 48.0 Å². The Balaban J connectivity index is 1.59. The first-order valence-electron chi connectivity index (χ1n) is 8.31. The predicted molar refractivity (Wildman–Crippen MR) is 101 cm³/mol. The number of carbonyl (C=O) groups is 2. The second-order valence-electron chi connectivity index (χ2n) is 5.96. The molecule has 0 bridgehead atoms. The minimum absolute atomic E-state index is 0.187. The molecule has 4 heteroatoms. The second kappa shape index (κ2) is 8.12. The van der Waals surface area contributed by atoms with Crippen molar-refractivity contribution in [3.63, 3.8) is 0 Å². The van der Waals surface area contributed by atoms with E-state index < -0.39 is 5.97 Å². The highest BCUT2D eigenvalue weighted by atomic mass is 16.5. The van der Waals surface area contributed by atoms with Crippen LogP contribution in [0.5, 0.6) is 0 Å². The molecule has 0 fully saturated rings. The van der Waals surface area contributed by atoms with Gasteiger partial charge in [-0.2, -0.15) is 0 Å². The third-order valence-electron chi connectivity index (χ3n) is 3.87. The summed E-state index contributed by atoms with van der Waals surface area (Å²) in [5.41, 5.74) is 3.61. The largest absolute Gasteiger partial charge is 0.457 e. The number of hydrogen-bond acceptors (Lipinski definition) is 3. The Morgan fingerprint density at radius 2 is 1.58 bits per heavy atom. The molecule has 3 aromatic rings. The third-order valence-corrected chi connectivity index (χ3v) is 3.87. The zero-order valence-electron chi connectivity index (χ0n) is 14.4. The van der Waals surface area contributed by atoms with Gasteiger partial charge in [-0.15, -0.1) is 0 Å². The zero-order valence-corrected chi connectivity index (χ0v) is 14.4. The number of nitrogens with one attached hydrogen (secondary N) is 1. The molecular weight excluding hydrogens is 326 g/mol. The Bertz CT molecular complexity index is 902. The molecule has 4 nitrogen and oxygen atoms in total. The molecule has 0 aliphatic heterocycles. The van der Waals surface area contributed by atoms with Gasteiger partial charge in [-0.05, 0) is 48.9 Å². The van der Waals surface area contributed by atoms with Gasteiger partial charge in [0.2, 0.25) is 0 Å². The first-order valence-corrected chi connectivity index (χ1v) is 8.31. The van der Waals surface area contributed by atoms with Gasteiger partial charge < -0.3 is 10.1 Å². The smallest absolute Gasteiger partial charge is 0.338 e. The van der Waals surface area contributed by atoms with Crippen LogP contribution >= 0.6 is 0 Å². The van der Waals surface area contributed by atoms with E-state index in [0.717, 1.165) is 11.1 Å². The lowest BCUT2D eigenvalue weighted by Gasteiger charge is -2.08. The summed E-state index contributed by atoms with van der Waals surface area (Å²) >= 11 is 0. The van der Waals surface area contributed by atoms with Crippen LogP contribution in [0, 0.1) is 6.92 Å². The molecule has 0 spiro atoms. The molecule has 0 aromatic heterocycles. The zero-order chi connectivity index (χ0) is 18.4. The van der Waals surface area contributed by atoms with Crippen molar-refractivity contribution < 1.29 is 14.3 Å². The Hall–Kier alpha value is -3.40. The maximum absolute atomic E-state index is 12.2. The van der Waals surface area contributed by atoms with E-state index in [4.69, 9.17) is 4.74 Å². The van der Waals surface area contributed by atoms with E-state index >= 15 is 0 Å². The molecule has 0 aliphatic carbocycles. The SMILES string of the molecule is Cc1cccc(C(=O)Nc2ccc(C(=O)OCc3ccccc3)cc2)c1. The molecule has 0 saturated heterocycles. The van der Waals surface area contributed by atoms with E-state index in [1.54, 1.807) is 30.3 Å². The van der Waals surface area contributed by atoms with Gasteiger partial charge in [0.05, 0.1) is 5.56 Å². The van der Waals surface area contributed by atoms with Gasteiger partial charge in [0.15, 0.2) is 0 Å². The lowest BCUT2D eigenvalue weighted by molar-refractivity contribution is 0.0472. The van der Waals surface area contributed by atoms with Crippen molar-refractivity contribution in [1.29, 1.82) is 0 Å². The quantitative estimate of drug-likeness (QED) is 0.687. The lowest BCUT2D eigenvalue weighted by atomic mass is 10.1. The fourth-order valence-corrected chi connectivity index (χ4v) is 2.49. The standard InChI is InChI=1S/C22H19NO3/c1-16-6-5-9-19(14-16)21(24)23-20-12-10-18(11-13-20)22(25)26-15-17-7-3-2-4-8-17/h2-14H,15H2,1H3,(H,23,24). The molecule has 1 N–H and O–H groups in total. The number of hydrogen-bond donors (Lipinski definition) is 1. The first-order chi connectivity index (χ1) is 12.6. The molecule has 0 atom stereocenters. The van der Waals surface area contributed by atoms with Gasteiger partial charge in [0, 0.05) is 11.3 Å². The fraction of sp³-hybridized carbons (Fsp3) is 0.0909. The molecule has 0 aliphatic rings. The van der Waals surface area contributed by atoms with Crippen molar-refractivity contribution in [2.24, 2.45) is 0 Å². The number of amides is 1. The van der Waals surface area contributed by atoms with Crippen molar-refractivity contribution in [2.75, 3.05) is 5.32 Å². The normalized spacial score (nSPS) is 10.2. The highest BCUT2D eigenvalue weighted by Gasteiger charge is 2.09. The third kappa shape index (κ3) is 4.57. The van der Waals surface area contributed by atoms with Crippen molar-refractivity contribution >= 4 is 17.6 Å². The molecule has 3 aromatic carbocycles. The summed E-state index contributed by atoms with van der Waals surface area (Å²) in [5.74, 6) is -0.585. The number of esters is 1. The number of ether oxygens (including phenoxy) is 1. The number of aryl methyl sites for hydroxylation is 1. The Kier molecular flexibility index (Phi) is 5.44. The van der Waals surface area contributed by atoms with Gasteiger partial charge in [-0.3, -0.25) is 4.79 Å². The Morgan fingerprint density at radius 3 is 2.27 bits per heavy atom. The van der Waals surface area contributed by atoms with Crippen LogP contribution in [0.25, 0.3) is 0 Å². The van der Waals surface area contributed by atoms with Crippen LogP contribution in [0.15, 0.2) is 78.9 Å². The van der Waals surface area contributed by atoms with Crippen LogP contribution in [0.3, 0.4) is 0 Å². The highest BCUT2D eigenvalue weighted by molar-refractivity contribution is 6.04. The van der Waals surface area contributed by atoms with Gasteiger partial charge in [-0.25, -0.2) is 4.79 Å². The van der Waals surface area contributed by atoms with Crippen molar-refractivity contribution in [3.05, 3.63) is 101 Å². The highest BCUT2D eigenvalue weighted by Crippen LogP contribution is 2.14. The van der Waals surface area contributed by atoms with Crippen LogP contribution in [-0.4, -0.2) is 11.9 Å². The van der Waals surface area contributed by atoms with Gasteiger partial charge in [0.25, 0.3) is 5.91 Å². The van der Waals surface area contributed by atoms with E-state index in [1.165, 1.54) is 0 Å². The summed E-state index contributed by atoms with van der Waals surface area (Å²) in [7, 11) is 0. The Morgan fingerprint density at radius 1 is 0.846 bits per heavy atom. The van der Waals surface area contributed by atoms with Crippen LogP contribution < -0.4 is 5.32 Å². The van der Waals surface area contributed by atoms with Crippen LogP contribution in [-0.2, 0) is 11.3 Å². The number of anilines is 1. The molecule has 26 heavy (non-hydrogen) atoms. The summed E-state index contributed by atoms with van der Waals surface area (Å²) in [6.07, 6.45) is 0. The first kappa shape index (κ1) is 17.4. The minimum atomic E-state index is -0.398. The molecular formula is C22H19NO3. The monoisotopic (exact) mass is 345 g/mol. The van der Waals surface area contributed by atoms with E-state index in [2.05, 4.69) is 5.32 Å². The molecule has 0 unspecified atom stereocenters. The van der Waals surface area contributed by atoms with Crippen molar-refractivity contribution in [3.8, 4) is 0 Å². The summed E-state index contributed by atoms with van der Waals surface area (Å²) in [6, 6.07) is 23.5. The predicted octanol–water partition coefficient (Wildman–Crippen LogP) is 4.60. The number of benzene rings is 3. The average molecular weight is 345 g/mol. The van der Waals surface area contributed by atoms with E-state index in [1.807, 2.05) is 55.5 Å². The van der Waals surface area contributed by atoms with Crippen LogP contribution in [0.4, 0.5) is 5.69 Å². The Labute approximate surface area is 152 Å². The summed E-state index contributed by atoms with van der Waals surface area (Å²) < 4.78 is 5.29. The average Bonchev–Trinajstić information content (AvgIpc) is 2.67. The van der Waals surface area contributed by atoms with E-state index in [0.29, 0.717) is 16.8 Å². The number of carbonyl (C=O) groups excluding carboxylic acids is 2. The molecule has 1 amide bonds. The second-order valence-corrected chi connectivity index (χ2v) is 5.96. The van der Waals surface area contributed by atoms with Gasteiger partial charge >= 0.3 is 5.97 Å². The van der Waals surface area contributed by atoms with Crippen LogP contribution in [0.2, 0.25) is 0 Å². The summed E-state index contributed by atoms with van der Waals surface area (Å²) in [5, 5.41) is 2.82. The maximum atomic E-state index is 12.2. The minimum Gasteiger partial charge on any atom is -0.457 e. The number of rotatable bonds is 5. The molecule has 3 rings (SSSR count). The van der Waals surface area contributed by atoms with Crippen molar-refractivity contribution in [1.82, 2.24) is 0 Å². The fourth-order valence-electron chi connectivity index (χ4n) is 2.49. The molecule has 0 radical (unpaired) electrons. The molecule has 130 valence electrons. The van der Waals surface area contributed by atoms with Crippen molar-refractivity contribution in [2.45, 2.75) is 13.5 Å². The van der Waals surface area contributed by atoms with Crippen LogP contribution in [0.1, 0.15) is 31.8 Å². The van der Waals surface area contributed by atoms with E-state index in [9.17, 15) is 9.59 Å². The van der Waals surface area contributed by atoms with E-state index in [-0.39, 0.29) is 12.5 Å². The van der Waals surface area contributed by atoms with Gasteiger partial charge in [0.1, 0.15) is 6.61 Å². The summed E-state index contributed by atoms with van der Waals surface area (Å²) in [6.45, 7) is 2.16. The topological polar surface area (TPSA) is 55.4 Å². The molecule has 0 heterocycles.